The number of aliphatic carboxylic acids is 1. The Morgan fingerprint density at radius 1 is 1.23 bits per heavy atom. The van der Waals surface area contributed by atoms with Crippen molar-refractivity contribution < 1.29 is 28.6 Å². The molecule has 4 rings (SSSR count). The number of carbonyl (C=O) groups excluding carboxylic acids is 2. The van der Waals surface area contributed by atoms with Crippen LogP contribution in [0.15, 0.2) is 36.4 Å². The summed E-state index contributed by atoms with van der Waals surface area (Å²) in [6.45, 7) is 0.468. The summed E-state index contributed by atoms with van der Waals surface area (Å²) in [5.74, 6) is -0.874. The van der Waals surface area contributed by atoms with E-state index in [4.69, 9.17) is 9.72 Å². The van der Waals surface area contributed by atoms with Crippen LogP contribution < -0.4 is 16.0 Å². The van der Waals surface area contributed by atoms with Crippen molar-refractivity contribution in [3.63, 3.8) is 0 Å². The number of aromatic nitrogens is 1. The second-order valence-electron chi connectivity index (χ2n) is 9.07. The van der Waals surface area contributed by atoms with Crippen LogP contribution in [0.1, 0.15) is 36.1 Å². The molecule has 2 aromatic rings. The van der Waals surface area contributed by atoms with Crippen molar-refractivity contribution >= 4 is 23.8 Å². The van der Waals surface area contributed by atoms with E-state index in [2.05, 4.69) is 28.1 Å². The molecule has 1 aromatic heterocycles. The Kier molecular flexibility index (Phi) is 7.79. The summed E-state index contributed by atoms with van der Waals surface area (Å²) < 4.78 is 18.1. The highest BCUT2D eigenvalue weighted by atomic mass is 19.1. The van der Waals surface area contributed by atoms with Gasteiger partial charge >= 0.3 is 12.1 Å². The molecule has 2 amide bonds. The minimum absolute atomic E-state index is 0.190. The fraction of sp³-hybridized carbons (Fsp3) is 0.440. The Labute approximate surface area is 202 Å². The maximum absolute atomic E-state index is 13.2. The molecule has 1 saturated carbocycles. The second kappa shape index (κ2) is 11.2. The number of rotatable bonds is 9. The number of nitrogens with zero attached hydrogens (tertiary/aromatic N) is 1. The number of alkyl carbamates (subject to hydrolysis) is 1. The number of fused-ring (bicyclic) bond motifs is 1. The van der Waals surface area contributed by atoms with Gasteiger partial charge in [-0.05, 0) is 67.3 Å². The van der Waals surface area contributed by atoms with Crippen LogP contribution in [-0.2, 0) is 33.8 Å². The smallest absolute Gasteiger partial charge is 0.408 e. The van der Waals surface area contributed by atoms with Crippen molar-refractivity contribution in [1.29, 1.82) is 0 Å². The third-order valence-corrected chi connectivity index (χ3v) is 6.39. The van der Waals surface area contributed by atoms with Gasteiger partial charge in [0, 0.05) is 24.7 Å². The fourth-order valence-electron chi connectivity index (χ4n) is 4.40. The van der Waals surface area contributed by atoms with Crippen molar-refractivity contribution in [2.75, 3.05) is 18.4 Å². The molecule has 186 valence electrons. The number of amides is 2. The summed E-state index contributed by atoms with van der Waals surface area (Å²) in [6.07, 6.45) is 3.40. The third kappa shape index (κ3) is 6.68. The van der Waals surface area contributed by atoms with Crippen molar-refractivity contribution in [1.82, 2.24) is 15.6 Å². The van der Waals surface area contributed by atoms with E-state index in [0.717, 1.165) is 37.3 Å². The number of hydrogen-bond donors (Lipinski definition) is 4. The Morgan fingerprint density at radius 2 is 2.06 bits per heavy atom. The predicted molar refractivity (Wildman–Crippen MR) is 125 cm³/mol. The van der Waals surface area contributed by atoms with Gasteiger partial charge in [0.05, 0.1) is 0 Å². The van der Waals surface area contributed by atoms with Crippen molar-refractivity contribution in [2.24, 2.45) is 11.8 Å². The number of benzene rings is 1. The lowest BCUT2D eigenvalue weighted by atomic mass is 9.72. The van der Waals surface area contributed by atoms with Crippen LogP contribution in [0.5, 0.6) is 0 Å². The molecule has 0 spiro atoms. The van der Waals surface area contributed by atoms with E-state index >= 15 is 0 Å². The highest BCUT2D eigenvalue weighted by Crippen LogP contribution is 2.36. The number of nitrogens with one attached hydrogen (secondary N) is 3. The molecule has 9 nitrogen and oxygen atoms in total. The molecule has 1 atom stereocenters. The van der Waals surface area contributed by atoms with Gasteiger partial charge in [0.15, 0.2) is 0 Å². The summed E-state index contributed by atoms with van der Waals surface area (Å²) in [5, 5.41) is 17.5. The Balaban J connectivity index is 1.18. The summed E-state index contributed by atoms with van der Waals surface area (Å²) in [5.41, 5.74) is 2.68. The molecule has 0 radical (unpaired) electrons. The number of hydrogen-bond acceptors (Lipinski definition) is 6. The van der Waals surface area contributed by atoms with Gasteiger partial charge in [0.2, 0.25) is 5.91 Å². The lowest BCUT2D eigenvalue weighted by molar-refractivity contribution is -0.139. The van der Waals surface area contributed by atoms with E-state index in [1.54, 1.807) is 6.07 Å². The average Bonchev–Trinajstić information content (AvgIpc) is 2.82. The topological polar surface area (TPSA) is 130 Å². The lowest BCUT2D eigenvalue weighted by Crippen LogP contribution is -2.50. The first-order chi connectivity index (χ1) is 16.9. The normalized spacial score (nSPS) is 19.3. The van der Waals surface area contributed by atoms with Crippen molar-refractivity contribution in [3.05, 3.63) is 59.0 Å². The van der Waals surface area contributed by atoms with Gasteiger partial charge in [0.25, 0.3) is 0 Å². The van der Waals surface area contributed by atoms with Crippen LogP contribution in [0.25, 0.3) is 0 Å². The quantitative estimate of drug-likeness (QED) is 0.431. The molecule has 4 N–H and O–H groups in total. The standard InChI is InChI=1S/C25H29FN4O5/c26-19-5-1-3-15(11-19)14-35-25(34)30-21(24(32)33)13-28-23(31)18-9-16(10-18)12-20-7-6-17-4-2-8-27-22(17)29-20/h1,3,5-7,11,16,18,21H,2,4,8-10,12-14H2,(H,27,29)(H,28,31)(H,30,34)(H,32,33)/t16-,18+,21-/m0/s1. The maximum Gasteiger partial charge on any atom is 0.408 e. The van der Waals surface area contributed by atoms with Crippen LogP contribution in [0, 0.1) is 17.7 Å². The number of carbonyl (C=O) groups is 3. The highest BCUT2D eigenvalue weighted by Gasteiger charge is 2.35. The molecule has 1 fully saturated rings. The monoisotopic (exact) mass is 484 g/mol. The Bertz CT molecular complexity index is 1090. The first-order valence-electron chi connectivity index (χ1n) is 11.8. The van der Waals surface area contributed by atoms with Gasteiger partial charge in [-0.2, -0.15) is 0 Å². The summed E-state index contributed by atoms with van der Waals surface area (Å²) in [7, 11) is 0. The molecule has 10 heteroatoms. The molecule has 1 aromatic carbocycles. The van der Waals surface area contributed by atoms with Crippen molar-refractivity contribution in [2.45, 2.75) is 44.8 Å². The first-order valence-corrected chi connectivity index (χ1v) is 11.8. The maximum atomic E-state index is 13.2. The molecule has 2 heterocycles. The Hall–Kier alpha value is -3.69. The Morgan fingerprint density at radius 3 is 2.83 bits per heavy atom. The minimum atomic E-state index is -1.35. The summed E-state index contributed by atoms with van der Waals surface area (Å²) >= 11 is 0. The molecular weight excluding hydrogens is 455 g/mol. The van der Waals surface area contributed by atoms with E-state index in [1.165, 1.54) is 23.8 Å². The van der Waals surface area contributed by atoms with Crippen molar-refractivity contribution in [3.8, 4) is 0 Å². The zero-order valence-corrected chi connectivity index (χ0v) is 19.3. The zero-order valence-electron chi connectivity index (χ0n) is 19.3. The number of anilines is 1. The SMILES string of the molecule is O=C(N[C@@H](CNC(=O)[C@H]1C[C@@H](Cc2ccc3c(n2)NCCC3)C1)C(=O)O)OCc1cccc(F)c1. The molecule has 0 saturated heterocycles. The van der Waals surface area contributed by atoms with Gasteiger partial charge in [-0.1, -0.05) is 18.2 Å². The number of carboxylic acids is 1. The number of aryl methyl sites for hydroxylation is 1. The molecular formula is C25H29FN4O5. The van der Waals surface area contributed by atoms with Crippen LogP contribution in [0.3, 0.4) is 0 Å². The largest absolute Gasteiger partial charge is 0.480 e. The van der Waals surface area contributed by atoms with Gasteiger partial charge in [-0.15, -0.1) is 0 Å². The number of carboxylic acid groups (broad SMARTS) is 1. The molecule has 1 aliphatic heterocycles. The van der Waals surface area contributed by atoms with Crippen LogP contribution >= 0.6 is 0 Å². The van der Waals surface area contributed by atoms with Crippen LogP contribution in [-0.4, -0.2) is 47.2 Å². The number of halogens is 1. The number of ether oxygens (including phenoxy) is 1. The van der Waals surface area contributed by atoms with Gasteiger partial charge in [-0.3, -0.25) is 4.79 Å². The molecule has 0 unspecified atom stereocenters. The van der Waals surface area contributed by atoms with E-state index in [9.17, 15) is 23.9 Å². The van der Waals surface area contributed by atoms with Gasteiger partial charge in [0.1, 0.15) is 24.3 Å². The predicted octanol–water partition coefficient (Wildman–Crippen LogP) is 2.64. The zero-order chi connectivity index (χ0) is 24.8. The van der Waals surface area contributed by atoms with E-state index < -0.39 is 23.9 Å². The van der Waals surface area contributed by atoms with Crippen LogP contribution in [0.2, 0.25) is 0 Å². The average molecular weight is 485 g/mol. The summed E-state index contributed by atoms with van der Waals surface area (Å²) in [4.78, 5) is 40.6. The molecule has 35 heavy (non-hydrogen) atoms. The minimum Gasteiger partial charge on any atom is -0.480 e. The van der Waals surface area contributed by atoms with E-state index in [1.807, 2.05) is 0 Å². The summed E-state index contributed by atoms with van der Waals surface area (Å²) in [6, 6.07) is 8.36. The lowest BCUT2D eigenvalue weighted by Gasteiger charge is -2.34. The molecule has 2 aliphatic rings. The number of pyridine rings is 1. The third-order valence-electron chi connectivity index (χ3n) is 6.39. The highest BCUT2D eigenvalue weighted by molar-refractivity contribution is 5.83. The van der Waals surface area contributed by atoms with E-state index in [-0.39, 0.29) is 25.0 Å². The molecule has 1 aliphatic carbocycles. The molecule has 0 bridgehead atoms. The fourth-order valence-corrected chi connectivity index (χ4v) is 4.40. The van der Waals surface area contributed by atoms with E-state index in [0.29, 0.717) is 24.3 Å². The second-order valence-corrected chi connectivity index (χ2v) is 9.07. The van der Waals surface area contributed by atoms with Gasteiger partial charge in [-0.25, -0.2) is 19.0 Å². The van der Waals surface area contributed by atoms with Gasteiger partial charge < -0.3 is 25.8 Å². The first kappa shape index (κ1) is 24.4. The van der Waals surface area contributed by atoms with Crippen LogP contribution in [0.4, 0.5) is 15.0 Å².